The number of carbonyl (C=O) groups is 2. The van der Waals surface area contributed by atoms with Gasteiger partial charge in [0.25, 0.3) is 0 Å². The van der Waals surface area contributed by atoms with Crippen LogP contribution < -0.4 is 0 Å². The lowest BCUT2D eigenvalue weighted by molar-refractivity contribution is 0.0872. The molecule has 4 heterocycles. The van der Waals surface area contributed by atoms with Crippen LogP contribution in [0, 0.1) is 36.5 Å². The maximum atomic E-state index is 12.9. The van der Waals surface area contributed by atoms with Gasteiger partial charge in [0.1, 0.15) is 10.3 Å². The average molecular weight is 629 g/mol. The van der Waals surface area contributed by atoms with Crippen molar-refractivity contribution in [3.05, 3.63) is 105 Å². The Morgan fingerprint density at radius 1 is 0.841 bits per heavy atom. The molecule has 0 saturated carbocycles. The van der Waals surface area contributed by atoms with E-state index in [2.05, 4.69) is 17.0 Å². The van der Waals surface area contributed by atoms with E-state index >= 15 is 0 Å². The maximum absolute atomic E-state index is 12.9. The fraction of sp³-hybridized carbons (Fsp3) is 0.294. The van der Waals surface area contributed by atoms with Crippen molar-refractivity contribution in [2.75, 3.05) is 6.54 Å². The molecular formula is C34H31Cl2N5O3. The number of nitriles is 2. The first-order valence-electron chi connectivity index (χ1n) is 14.3. The highest BCUT2D eigenvalue weighted by Crippen LogP contribution is 2.38. The maximum Gasteiger partial charge on any atom is 0.178 e. The number of fused-ring (bicyclic) bond motifs is 2. The van der Waals surface area contributed by atoms with Crippen molar-refractivity contribution >= 4 is 34.8 Å². The lowest BCUT2D eigenvalue weighted by Crippen LogP contribution is -2.36. The zero-order chi connectivity index (χ0) is 31.7. The molecule has 224 valence electrons. The normalized spacial score (nSPS) is 18.8. The van der Waals surface area contributed by atoms with Crippen LogP contribution in [0.15, 0.2) is 60.7 Å². The number of aromatic nitrogens is 2. The molecule has 0 amide bonds. The fourth-order valence-electron chi connectivity index (χ4n) is 6.35. The SMILES string of the molecule is CC(=O)c1cc(Cl)n(-c2ccc(C#N)cc2)c1C.Cc1c(C(=O)CN2C3CCC2[C@@H](O)C3)cc(Cl)n1-c1ccc(C#N)cc1. The highest BCUT2D eigenvalue weighted by molar-refractivity contribution is 6.31. The van der Waals surface area contributed by atoms with Gasteiger partial charge in [0.05, 0.1) is 35.9 Å². The van der Waals surface area contributed by atoms with E-state index in [1.54, 1.807) is 53.1 Å². The van der Waals surface area contributed by atoms with E-state index in [-0.39, 0.29) is 23.7 Å². The van der Waals surface area contributed by atoms with Crippen LogP contribution >= 0.6 is 23.2 Å². The van der Waals surface area contributed by atoms with Crippen molar-refractivity contribution in [1.82, 2.24) is 14.0 Å². The van der Waals surface area contributed by atoms with Crippen molar-refractivity contribution in [2.45, 2.75) is 58.2 Å². The van der Waals surface area contributed by atoms with Gasteiger partial charge in [-0.25, -0.2) is 0 Å². The molecule has 6 rings (SSSR count). The molecule has 2 aromatic heterocycles. The van der Waals surface area contributed by atoms with Gasteiger partial charge in [-0.3, -0.25) is 14.5 Å². The molecule has 2 fully saturated rings. The number of carbonyl (C=O) groups excluding carboxylic acids is 2. The number of hydrogen-bond donors (Lipinski definition) is 1. The monoisotopic (exact) mass is 627 g/mol. The van der Waals surface area contributed by atoms with Crippen LogP contribution in [0.1, 0.15) is 69.4 Å². The average Bonchev–Trinajstić information content (AvgIpc) is 3.72. The van der Waals surface area contributed by atoms with Crippen LogP contribution in [-0.2, 0) is 0 Å². The molecule has 10 heteroatoms. The first-order chi connectivity index (χ1) is 21.0. The van der Waals surface area contributed by atoms with E-state index in [1.807, 2.05) is 30.5 Å². The summed E-state index contributed by atoms with van der Waals surface area (Å²) in [4.78, 5) is 26.5. The first-order valence-corrected chi connectivity index (χ1v) is 15.0. The molecule has 1 N–H and O–H groups in total. The summed E-state index contributed by atoms with van der Waals surface area (Å²) in [5.41, 5.74) is 5.64. The van der Waals surface area contributed by atoms with E-state index < -0.39 is 0 Å². The number of benzene rings is 2. The van der Waals surface area contributed by atoms with Gasteiger partial charge >= 0.3 is 0 Å². The Morgan fingerprint density at radius 2 is 1.32 bits per heavy atom. The van der Waals surface area contributed by atoms with Gasteiger partial charge in [-0.1, -0.05) is 23.2 Å². The van der Waals surface area contributed by atoms with Crippen LogP contribution in [0.2, 0.25) is 10.3 Å². The van der Waals surface area contributed by atoms with Crippen molar-refractivity contribution in [3.63, 3.8) is 0 Å². The number of aliphatic hydroxyl groups is 1. The molecule has 2 unspecified atom stereocenters. The zero-order valence-electron chi connectivity index (χ0n) is 24.6. The Morgan fingerprint density at radius 3 is 1.70 bits per heavy atom. The molecule has 2 aliphatic heterocycles. The standard InChI is InChI=1S/C20H20ClN3O2.C14H11ClN2O/c1-12-16(19(26)11-23-15-6-7-17(23)18(25)8-15)9-20(21)24(12)14-4-2-13(10-22)3-5-14;1-9-13(10(2)18)7-14(15)17(9)12-5-3-11(8-16)4-6-12/h2-5,9,15,17-18,25H,6-8,11H2,1H3;3-7H,1-2H3/t15?,17?,18-;/m0./s1. The minimum Gasteiger partial charge on any atom is -0.391 e. The lowest BCUT2D eigenvalue weighted by atomic mass is 9.98. The van der Waals surface area contributed by atoms with Gasteiger partial charge in [-0.2, -0.15) is 10.5 Å². The van der Waals surface area contributed by atoms with Gasteiger partial charge < -0.3 is 14.2 Å². The summed E-state index contributed by atoms with van der Waals surface area (Å²) < 4.78 is 3.61. The molecule has 0 radical (unpaired) electrons. The zero-order valence-corrected chi connectivity index (χ0v) is 26.1. The third kappa shape index (κ3) is 5.95. The molecule has 44 heavy (non-hydrogen) atoms. The second-order valence-corrected chi connectivity index (χ2v) is 11.9. The minimum absolute atomic E-state index is 0.0122. The van der Waals surface area contributed by atoms with Crippen molar-refractivity contribution in [1.29, 1.82) is 10.5 Å². The van der Waals surface area contributed by atoms with Gasteiger partial charge in [0.2, 0.25) is 0 Å². The van der Waals surface area contributed by atoms with Gasteiger partial charge in [0.15, 0.2) is 11.6 Å². The Labute approximate surface area is 266 Å². The predicted molar refractivity (Wildman–Crippen MR) is 169 cm³/mol. The number of aliphatic hydroxyl groups excluding tert-OH is 1. The van der Waals surface area contributed by atoms with E-state index in [9.17, 15) is 14.7 Å². The molecule has 0 spiro atoms. The Balaban J connectivity index is 0.000000187. The van der Waals surface area contributed by atoms with E-state index in [0.29, 0.717) is 45.1 Å². The number of Topliss-reactive ketones (excluding diaryl/α,β-unsaturated/α-hetero) is 2. The summed E-state index contributed by atoms with van der Waals surface area (Å²) in [5, 5.41) is 28.7. The molecule has 2 bridgehead atoms. The Bertz CT molecular complexity index is 1810. The molecule has 3 atom stereocenters. The van der Waals surface area contributed by atoms with Crippen LogP contribution in [0.5, 0.6) is 0 Å². The van der Waals surface area contributed by atoms with Crippen LogP contribution in [0.3, 0.4) is 0 Å². The third-order valence-electron chi connectivity index (χ3n) is 8.57. The molecule has 0 aliphatic carbocycles. The second-order valence-electron chi connectivity index (χ2n) is 11.2. The summed E-state index contributed by atoms with van der Waals surface area (Å²) >= 11 is 12.6. The van der Waals surface area contributed by atoms with E-state index in [0.717, 1.165) is 42.0 Å². The molecule has 8 nitrogen and oxygen atoms in total. The largest absolute Gasteiger partial charge is 0.391 e. The van der Waals surface area contributed by atoms with Gasteiger partial charge in [-0.05, 0) is 101 Å². The van der Waals surface area contributed by atoms with Crippen molar-refractivity contribution < 1.29 is 14.7 Å². The summed E-state index contributed by atoms with van der Waals surface area (Å²) in [6.45, 7) is 5.56. The number of hydrogen-bond acceptors (Lipinski definition) is 6. The predicted octanol–water partition coefficient (Wildman–Crippen LogP) is 6.60. The second kappa shape index (κ2) is 12.8. The minimum atomic E-state index is -0.311. The summed E-state index contributed by atoms with van der Waals surface area (Å²) in [5.74, 6) is 0.0181. The Hall–Kier alpha value is -4.18. The fourth-order valence-corrected chi connectivity index (χ4v) is 7.01. The van der Waals surface area contributed by atoms with Crippen molar-refractivity contribution in [2.24, 2.45) is 0 Å². The third-order valence-corrected chi connectivity index (χ3v) is 9.12. The smallest absolute Gasteiger partial charge is 0.178 e. The van der Waals surface area contributed by atoms with Gasteiger partial charge in [-0.15, -0.1) is 0 Å². The lowest BCUT2D eigenvalue weighted by Gasteiger charge is -2.21. The number of rotatable bonds is 6. The van der Waals surface area contributed by atoms with Gasteiger partial charge in [0, 0.05) is 46.0 Å². The Kier molecular flexibility index (Phi) is 9.10. The number of halogens is 2. The van der Waals surface area contributed by atoms with Crippen LogP contribution in [0.25, 0.3) is 11.4 Å². The summed E-state index contributed by atoms with van der Waals surface area (Å²) in [6.07, 6.45) is 2.48. The molecule has 2 aliphatic rings. The molecule has 2 aromatic carbocycles. The van der Waals surface area contributed by atoms with Crippen LogP contribution in [-0.4, -0.2) is 55.4 Å². The molecule has 2 saturated heterocycles. The molecular weight excluding hydrogens is 597 g/mol. The quantitative estimate of drug-likeness (QED) is 0.241. The topological polar surface area (TPSA) is 115 Å². The highest BCUT2D eigenvalue weighted by atomic mass is 35.5. The summed E-state index contributed by atoms with van der Waals surface area (Å²) in [6, 6.07) is 22.1. The van der Waals surface area contributed by atoms with E-state index in [1.165, 1.54) is 6.92 Å². The van der Waals surface area contributed by atoms with Crippen LogP contribution in [0.4, 0.5) is 0 Å². The van der Waals surface area contributed by atoms with E-state index in [4.69, 9.17) is 33.7 Å². The first kappa shape index (κ1) is 31.3. The molecule has 4 aromatic rings. The number of nitrogens with zero attached hydrogens (tertiary/aromatic N) is 5. The summed E-state index contributed by atoms with van der Waals surface area (Å²) in [7, 11) is 0. The number of ketones is 2. The highest BCUT2D eigenvalue weighted by Gasteiger charge is 2.46. The van der Waals surface area contributed by atoms with Crippen molar-refractivity contribution in [3.8, 4) is 23.5 Å².